The Morgan fingerprint density at radius 1 is 1.34 bits per heavy atom. The molecule has 4 aliphatic carbocycles. The monoisotopic (exact) mass is 470 g/mol. The van der Waals surface area contributed by atoms with Crippen LogP contribution in [0.25, 0.3) is 0 Å². The fourth-order valence-corrected chi connectivity index (χ4v) is 7.66. The Kier molecular flexibility index (Phi) is 5.34. The van der Waals surface area contributed by atoms with E-state index in [1.54, 1.807) is 20.8 Å². The molecule has 8 atom stereocenters. The van der Waals surface area contributed by atoms with E-state index in [2.05, 4.69) is 4.52 Å². The van der Waals surface area contributed by atoms with Gasteiger partial charge in [-0.3, -0.25) is 9.59 Å². The van der Waals surface area contributed by atoms with Crippen molar-refractivity contribution in [2.75, 3.05) is 6.61 Å². The molecule has 2 N–H and O–H groups in total. The van der Waals surface area contributed by atoms with E-state index in [-0.39, 0.29) is 18.6 Å². The zero-order chi connectivity index (χ0) is 23.9. The van der Waals surface area contributed by atoms with Gasteiger partial charge >= 0.3 is 0 Å². The number of aliphatic hydroxyl groups excluding tert-OH is 1. The molecule has 8 nitrogen and oxygen atoms in total. The van der Waals surface area contributed by atoms with Crippen LogP contribution in [0.5, 0.6) is 0 Å². The summed E-state index contributed by atoms with van der Waals surface area (Å²) in [5.41, 5.74) is -6.03. The quantitative estimate of drug-likeness (QED) is 0.572. The second kappa shape index (κ2) is 7.14. The Morgan fingerprint density at radius 2 is 2.00 bits per heavy atom. The minimum atomic E-state index is -5.43. The van der Waals surface area contributed by atoms with Gasteiger partial charge in [-0.2, -0.15) is 0 Å². The number of aliphatic hydroxyl groups is 2. The number of ketones is 2. The number of hydrogen-bond donors (Lipinski definition) is 2. The van der Waals surface area contributed by atoms with Gasteiger partial charge in [0, 0.05) is 16.7 Å². The first-order valence-electron chi connectivity index (χ1n) is 10.8. The molecular weight excluding hydrogens is 442 g/mol. The van der Waals surface area contributed by atoms with E-state index in [0.717, 1.165) is 0 Å². The second-order valence-electron chi connectivity index (χ2n) is 10.3. The van der Waals surface area contributed by atoms with Gasteiger partial charge in [-0.15, -0.1) is 0 Å². The zero-order valence-electron chi connectivity index (χ0n) is 18.2. The summed E-state index contributed by atoms with van der Waals surface area (Å²) in [4.78, 5) is 46.6. The van der Waals surface area contributed by atoms with Crippen LogP contribution in [0.4, 0.5) is 4.39 Å². The molecule has 0 bridgehead atoms. The van der Waals surface area contributed by atoms with Crippen molar-refractivity contribution in [2.24, 2.45) is 28.6 Å². The van der Waals surface area contributed by atoms with Crippen LogP contribution in [-0.4, -0.2) is 45.8 Å². The lowest BCUT2D eigenvalue weighted by atomic mass is 9.44. The highest BCUT2D eigenvalue weighted by molar-refractivity contribution is 7.43. The van der Waals surface area contributed by atoms with Crippen molar-refractivity contribution in [3.63, 3.8) is 0 Å². The maximum Gasteiger partial charge on any atom is 0.191 e. The van der Waals surface area contributed by atoms with Crippen LogP contribution >= 0.6 is 7.82 Å². The van der Waals surface area contributed by atoms with E-state index in [4.69, 9.17) is 0 Å². The summed E-state index contributed by atoms with van der Waals surface area (Å²) in [6, 6.07) is 0. The molecule has 10 heteroatoms. The summed E-state index contributed by atoms with van der Waals surface area (Å²) in [6.45, 7) is 3.80. The minimum absolute atomic E-state index is 0.224. The molecule has 0 aliphatic heterocycles. The fourth-order valence-electron chi connectivity index (χ4n) is 7.39. The van der Waals surface area contributed by atoms with Gasteiger partial charge in [-0.05, 0) is 56.6 Å². The van der Waals surface area contributed by atoms with E-state index >= 15 is 4.39 Å². The fraction of sp³-hybridized carbons (Fsp3) is 0.727. The number of fused-ring (bicyclic) bond motifs is 5. The van der Waals surface area contributed by atoms with Crippen molar-refractivity contribution in [3.05, 3.63) is 23.8 Å². The Balaban J connectivity index is 1.74. The van der Waals surface area contributed by atoms with Crippen LogP contribution < -0.4 is 9.79 Å². The first-order chi connectivity index (χ1) is 14.6. The first-order valence-corrected chi connectivity index (χ1v) is 12.3. The number of alkyl halides is 1. The summed E-state index contributed by atoms with van der Waals surface area (Å²) in [5, 5.41) is 22.8. The smallest absolute Gasteiger partial charge is 0.191 e. The highest BCUT2D eigenvalue weighted by Crippen LogP contribution is 2.70. The van der Waals surface area contributed by atoms with E-state index < -0.39 is 66.2 Å². The summed E-state index contributed by atoms with van der Waals surface area (Å²) >= 11 is 0. The molecule has 0 amide bonds. The molecule has 178 valence electrons. The maximum absolute atomic E-state index is 17.0. The first kappa shape index (κ1) is 23.9. The van der Waals surface area contributed by atoms with Crippen LogP contribution in [0.1, 0.15) is 46.5 Å². The molecule has 0 heterocycles. The number of hydrogen-bond acceptors (Lipinski definition) is 8. The third-order valence-electron chi connectivity index (χ3n) is 9.00. The summed E-state index contributed by atoms with van der Waals surface area (Å²) in [5.74, 6) is -3.06. The van der Waals surface area contributed by atoms with Crippen molar-refractivity contribution < 1.29 is 43.1 Å². The molecular formula is C22H28FO8P-2. The Morgan fingerprint density at radius 3 is 2.62 bits per heavy atom. The number of carbonyl (C=O) groups is 2. The van der Waals surface area contributed by atoms with Gasteiger partial charge in [0.15, 0.2) is 17.2 Å². The van der Waals surface area contributed by atoms with Crippen LogP contribution in [0.15, 0.2) is 23.8 Å². The Labute approximate surface area is 185 Å². The van der Waals surface area contributed by atoms with E-state index in [0.29, 0.717) is 18.4 Å². The van der Waals surface area contributed by atoms with Crippen LogP contribution in [0, 0.1) is 28.6 Å². The standard InChI is InChI=1S/C22H30FO8P/c1-12-8-16-15-5-4-13-9-14(24)6-7-19(13,2)21(15,23)17(25)10-20(16,3)22(12,27)18(26)11-31-32(28,29)30/h6-7,9,12,15-17,25,27H,4-5,8,10-11H2,1-3H3,(H2,28,29,30)/p-2/t12-,15-,16-,17-,19+,20+,21+,22+/m0/s1. The van der Waals surface area contributed by atoms with Crippen LogP contribution in [0.2, 0.25) is 0 Å². The highest BCUT2D eigenvalue weighted by Gasteiger charge is 2.75. The molecule has 0 radical (unpaired) electrons. The largest absolute Gasteiger partial charge is 0.790 e. The van der Waals surface area contributed by atoms with Crippen molar-refractivity contribution >= 4 is 19.4 Å². The Hall–Kier alpha value is -1.22. The van der Waals surface area contributed by atoms with E-state index in [1.807, 2.05) is 0 Å². The van der Waals surface area contributed by atoms with Gasteiger partial charge in [-0.25, -0.2) is 4.39 Å². The second-order valence-corrected chi connectivity index (χ2v) is 11.5. The zero-order valence-corrected chi connectivity index (χ0v) is 19.1. The van der Waals surface area contributed by atoms with Crippen LogP contribution in [-0.2, 0) is 18.7 Å². The SMILES string of the molecule is C[C@H]1C[C@H]2[C@@H]3CCC4=CC(=O)C=C[C@@]4(C)[C@]3(F)[C@@H](O)C[C@@]2(C)[C@]1(O)C(=O)COP(=O)([O-])[O-]. The van der Waals surface area contributed by atoms with Gasteiger partial charge < -0.3 is 29.1 Å². The number of phosphoric ester groups is 1. The summed E-state index contributed by atoms with van der Waals surface area (Å²) < 4.78 is 32.0. The summed E-state index contributed by atoms with van der Waals surface area (Å²) in [7, 11) is -5.43. The number of phosphoric acid groups is 1. The lowest BCUT2D eigenvalue weighted by Crippen LogP contribution is -2.69. The van der Waals surface area contributed by atoms with Crippen molar-refractivity contribution in [2.45, 2.75) is 63.8 Å². The number of halogens is 1. The average Bonchev–Trinajstić information content (AvgIpc) is 2.89. The molecule has 3 saturated carbocycles. The molecule has 4 rings (SSSR count). The van der Waals surface area contributed by atoms with Crippen molar-refractivity contribution in [1.29, 1.82) is 0 Å². The van der Waals surface area contributed by atoms with Gasteiger partial charge in [0.05, 0.1) is 13.9 Å². The molecule has 0 spiro atoms. The minimum Gasteiger partial charge on any atom is -0.790 e. The lowest BCUT2D eigenvalue weighted by Gasteiger charge is -2.62. The molecule has 32 heavy (non-hydrogen) atoms. The molecule has 0 aromatic heterocycles. The number of carbonyl (C=O) groups excluding carboxylic acids is 2. The average molecular weight is 470 g/mol. The number of allylic oxidation sites excluding steroid dienone is 4. The third-order valence-corrected chi connectivity index (χ3v) is 9.45. The Bertz CT molecular complexity index is 973. The van der Waals surface area contributed by atoms with Gasteiger partial charge in [0.25, 0.3) is 0 Å². The third kappa shape index (κ3) is 2.95. The van der Waals surface area contributed by atoms with E-state index in [9.17, 15) is 34.2 Å². The van der Waals surface area contributed by atoms with Gasteiger partial charge in [-0.1, -0.05) is 25.5 Å². The highest BCUT2D eigenvalue weighted by atomic mass is 31.2. The normalized spacial score (nSPS) is 48.0. The molecule has 0 aromatic rings. The van der Waals surface area contributed by atoms with Crippen LogP contribution in [0.3, 0.4) is 0 Å². The van der Waals surface area contributed by atoms with Gasteiger partial charge in [0.1, 0.15) is 12.2 Å². The number of Topliss-reactive ketones (excluding diaryl/α,β-unsaturated/α-hetero) is 1. The van der Waals surface area contributed by atoms with Crippen molar-refractivity contribution in [3.8, 4) is 0 Å². The van der Waals surface area contributed by atoms with Gasteiger partial charge in [0.2, 0.25) is 0 Å². The maximum atomic E-state index is 17.0. The topological polar surface area (TPSA) is 147 Å². The molecule has 0 unspecified atom stereocenters. The predicted molar refractivity (Wildman–Crippen MR) is 106 cm³/mol. The van der Waals surface area contributed by atoms with E-state index in [1.165, 1.54) is 18.2 Å². The molecule has 0 saturated heterocycles. The molecule has 4 aliphatic rings. The molecule has 0 aromatic carbocycles. The van der Waals surface area contributed by atoms with Crippen molar-refractivity contribution in [1.82, 2.24) is 0 Å². The summed E-state index contributed by atoms with van der Waals surface area (Å²) in [6.07, 6.45) is 3.54. The predicted octanol–water partition coefficient (Wildman–Crippen LogP) is 0.749. The number of rotatable bonds is 4. The lowest BCUT2D eigenvalue weighted by molar-refractivity contribution is -0.341. The molecule has 3 fully saturated rings.